The molecular formula is C18H20ClN5O4S. The van der Waals surface area contributed by atoms with E-state index in [1.54, 1.807) is 19.2 Å². The molecule has 29 heavy (non-hydrogen) atoms. The summed E-state index contributed by atoms with van der Waals surface area (Å²) in [6.45, 7) is 0.674. The second kappa shape index (κ2) is 7.12. The molecule has 0 saturated carbocycles. The highest BCUT2D eigenvalue weighted by molar-refractivity contribution is 7.89. The maximum atomic E-state index is 12.8. The molecule has 2 aromatic heterocycles. The Morgan fingerprint density at radius 2 is 1.69 bits per heavy atom. The first kappa shape index (κ1) is 19.9. The normalized spacial score (nSPS) is 16.5. The fourth-order valence-electron chi connectivity index (χ4n) is 3.66. The molecule has 0 atom stereocenters. The number of fused-ring (bicyclic) bond motifs is 1. The number of aryl methyl sites for hydroxylation is 1. The lowest BCUT2D eigenvalue weighted by Crippen LogP contribution is -2.38. The average Bonchev–Trinajstić information content (AvgIpc) is 3.17. The lowest BCUT2D eigenvalue weighted by atomic mass is 9.97. The molecule has 1 saturated heterocycles. The van der Waals surface area contributed by atoms with Gasteiger partial charge in [-0.05, 0) is 37.1 Å². The third-order valence-electron chi connectivity index (χ3n) is 5.41. The van der Waals surface area contributed by atoms with Crippen molar-refractivity contribution in [3.63, 3.8) is 0 Å². The van der Waals surface area contributed by atoms with Gasteiger partial charge in [0.05, 0.1) is 4.90 Å². The van der Waals surface area contributed by atoms with Crippen molar-refractivity contribution in [3.05, 3.63) is 56.0 Å². The second-order valence-corrected chi connectivity index (χ2v) is 9.53. The maximum Gasteiger partial charge on any atom is 0.332 e. The lowest BCUT2D eigenvalue weighted by Gasteiger charge is -2.30. The number of piperidine rings is 1. The van der Waals surface area contributed by atoms with Gasteiger partial charge in [-0.15, -0.1) is 0 Å². The van der Waals surface area contributed by atoms with E-state index in [1.165, 1.54) is 28.1 Å². The summed E-state index contributed by atoms with van der Waals surface area (Å²) in [5.74, 6) is 0.570. The Kier molecular flexibility index (Phi) is 4.88. The van der Waals surface area contributed by atoms with Gasteiger partial charge >= 0.3 is 5.69 Å². The number of sulfonamides is 1. The number of hydrogen-bond donors (Lipinski definition) is 1. The predicted molar refractivity (Wildman–Crippen MR) is 109 cm³/mol. The molecule has 0 radical (unpaired) electrons. The van der Waals surface area contributed by atoms with Gasteiger partial charge in [0.2, 0.25) is 10.0 Å². The van der Waals surface area contributed by atoms with E-state index in [2.05, 4.69) is 9.97 Å². The van der Waals surface area contributed by atoms with Crippen molar-refractivity contribution in [2.75, 3.05) is 13.1 Å². The van der Waals surface area contributed by atoms with E-state index in [-0.39, 0.29) is 16.3 Å². The average molecular weight is 438 g/mol. The monoisotopic (exact) mass is 437 g/mol. The van der Waals surface area contributed by atoms with Crippen LogP contribution in [-0.4, -0.2) is 44.9 Å². The lowest BCUT2D eigenvalue weighted by molar-refractivity contribution is 0.314. The smallest absolute Gasteiger partial charge is 0.332 e. The molecule has 0 bridgehead atoms. The van der Waals surface area contributed by atoms with E-state index in [4.69, 9.17) is 11.6 Å². The van der Waals surface area contributed by atoms with Crippen LogP contribution >= 0.6 is 11.6 Å². The number of rotatable bonds is 3. The summed E-state index contributed by atoms with van der Waals surface area (Å²) in [5, 5.41) is 0.480. The van der Waals surface area contributed by atoms with E-state index in [0.717, 1.165) is 4.57 Å². The van der Waals surface area contributed by atoms with Crippen LogP contribution in [0.15, 0.2) is 38.8 Å². The quantitative estimate of drug-likeness (QED) is 0.661. The van der Waals surface area contributed by atoms with Crippen molar-refractivity contribution in [2.45, 2.75) is 23.7 Å². The molecule has 3 aromatic rings. The summed E-state index contributed by atoms with van der Waals surface area (Å²) >= 11 is 5.85. The molecule has 1 aliphatic heterocycles. The van der Waals surface area contributed by atoms with E-state index in [0.29, 0.717) is 42.4 Å². The molecule has 0 aliphatic carbocycles. The van der Waals surface area contributed by atoms with Crippen molar-refractivity contribution in [1.82, 2.24) is 23.4 Å². The van der Waals surface area contributed by atoms with E-state index < -0.39 is 21.3 Å². The highest BCUT2D eigenvalue weighted by Crippen LogP contribution is 2.30. The van der Waals surface area contributed by atoms with Crippen LogP contribution in [0, 0.1) is 0 Å². The zero-order valence-electron chi connectivity index (χ0n) is 15.9. The molecule has 11 heteroatoms. The Balaban J connectivity index is 1.58. The molecule has 0 spiro atoms. The molecule has 1 aliphatic rings. The molecule has 1 fully saturated rings. The van der Waals surface area contributed by atoms with Gasteiger partial charge in [-0.3, -0.25) is 13.9 Å². The molecular weight excluding hydrogens is 418 g/mol. The summed E-state index contributed by atoms with van der Waals surface area (Å²) < 4.78 is 29.5. The molecule has 1 aromatic carbocycles. The fourth-order valence-corrected chi connectivity index (χ4v) is 5.26. The van der Waals surface area contributed by atoms with Crippen LogP contribution in [0.5, 0.6) is 0 Å². The molecule has 0 amide bonds. The first-order valence-electron chi connectivity index (χ1n) is 9.11. The fraction of sp³-hybridized carbons (Fsp3) is 0.389. The van der Waals surface area contributed by atoms with Gasteiger partial charge in [0.1, 0.15) is 11.3 Å². The Morgan fingerprint density at radius 1 is 1.07 bits per heavy atom. The zero-order valence-corrected chi connectivity index (χ0v) is 17.5. The van der Waals surface area contributed by atoms with Crippen LogP contribution in [0.2, 0.25) is 5.02 Å². The Labute approximate surface area is 171 Å². The second-order valence-electron chi connectivity index (χ2n) is 7.16. The first-order chi connectivity index (χ1) is 13.7. The summed E-state index contributed by atoms with van der Waals surface area (Å²) in [6.07, 6.45) is 1.11. The topological polar surface area (TPSA) is 110 Å². The summed E-state index contributed by atoms with van der Waals surface area (Å²) in [6, 6.07) is 6.11. The highest BCUT2D eigenvalue weighted by Gasteiger charge is 2.31. The van der Waals surface area contributed by atoms with Crippen LogP contribution in [0.3, 0.4) is 0 Å². The number of benzene rings is 1. The largest absolute Gasteiger partial charge is 0.336 e. The molecule has 154 valence electrons. The summed E-state index contributed by atoms with van der Waals surface area (Å²) in [7, 11) is -0.602. The number of halogens is 1. The summed E-state index contributed by atoms with van der Waals surface area (Å²) in [4.78, 5) is 32.2. The number of aromatic nitrogens is 4. The third-order valence-corrected chi connectivity index (χ3v) is 7.57. The van der Waals surface area contributed by atoms with Crippen LogP contribution in [0.1, 0.15) is 24.6 Å². The van der Waals surface area contributed by atoms with E-state index in [9.17, 15) is 18.0 Å². The van der Waals surface area contributed by atoms with Crippen molar-refractivity contribution in [3.8, 4) is 0 Å². The van der Waals surface area contributed by atoms with Crippen molar-refractivity contribution in [2.24, 2.45) is 14.1 Å². The van der Waals surface area contributed by atoms with E-state index >= 15 is 0 Å². The number of nitrogens with zero attached hydrogens (tertiary/aromatic N) is 4. The predicted octanol–water partition coefficient (Wildman–Crippen LogP) is 1.18. The molecule has 0 unspecified atom stereocenters. The minimum absolute atomic E-state index is 0.0288. The van der Waals surface area contributed by atoms with Crippen LogP contribution in [-0.2, 0) is 24.1 Å². The van der Waals surface area contributed by atoms with Crippen molar-refractivity contribution >= 4 is 32.8 Å². The minimum atomic E-state index is -3.59. The SMILES string of the molecule is Cn1c(=O)c2[nH]c(C3CCN(S(=O)(=O)c4ccc(Cl)cc4)CC3)nc2n(C)c1=O. The zero-order chi connectivity index (χ0) is 20.9. The maximum absolute atomic E-state index is 12.8. The number of aromatic amines is 1. The molecule has 4 rings (SSSR count). The summed E-state index contributed by atoms with van der Waals surface area (Å²) in [5.41, 5.74) is -0.279. The standard InChI is InChI=1S/C18H20ClN5O4S/c1-22-16-14(17(25)23(2)18(22)26)20-15(21-16)11-7-9-24(10-8-11)29(27,28)13-5-3-12(19)4-6-13/h3-6,11H,7-10H2,1-2H3,(H,20,21). The molecule has 1 N–H and O–H groups in total. The van der Waals surface area contributed by atoms with E-state index in [1.807, 2.05) is 0 Å². The van der Waals surface area contributed by atoms with Crippen molar-refractivity contribution in [1.29, 1.82) is 0 Å². The third kappa shape index (κ3) is 3.30. The van der Waals surface area contributed by atoms with Gasteiger partial charge in [-0.2, -0.15) is 4.31 Å². The minimum Gasteiger partial charge on any atom is -0.336 e. The van der Waals surface area contributed by atoms with Gasteiger partial charge in [-0.1, -0.05) is 11.6 Å². The van der Waals surface area contributed by atoms with Crippen LogP contribution < -0.4 is 11.2 Å². The molecule has 3 heterocycles. The number of nitrogens with one attached hydrogen (secondary N) is 1. The van der Waals surface area contributed by atoms with Gasteiger partial charge in [0.15, 0.2) is 5.65 Å². The van der Waals surface area contributed by atoms with Crippen LogP contribution in [0.25, 0.3) is 11.2 Å². The highest BCUT2D eigenvalue weighted by atomic mass is 35.5. The first-order valence-corrected chi connectivity index (χ1v) is 10.9. The Hall–Kier alpha value is -2.43. The number of H-pyrrole nitrogens is 1. The van der Waals surface area contributed by atoms with Gasteiger partial charge in [-0.25, -0.2) is 18.2 Å². The molecule has 9 nitrogen and oxygen atoms in total. The van der Waals surface area contributed by atoms with Crippen LogP contribution in [0.4, 0.5) is 0 Å². The van der Waals surface area contributed by atoms with Crippen molar-refractivity contribution < 1.29 is 8.42 Å². The Morgan fingerprint density at radius 3 is 2.31 bits per heavy atom. The van der Waals surface area contributed by atoms with Gasteiger partial charge in [0, 0.05) is 38.1 Å². The van der Waals surface area contributed by atoms with Gasteiger partial charge < -0.3 is 4.98 Å². The number of imidazole rings is 1. The Bertz CT molecular complexity index is 1300. The number of hydrogen-bond acceptors (Lipinski definition) is 5. The van der Waals surface area contributed by atoms with Gasteiger partial charge in [0.25, 0.3) is 5.56 Å².